The van der Waals surface area contributed by atoms with Crippen LogP contribution in [-0.2, 0) is 4.79 Å². The Bertz CT molecular complexity index is 1240. The molecule has 0 fully saturated rings. The van der Waals surface area contributed by atoms with Crippen LogP contribution in [0, 0.1) is 5.41 Å². The zero-order valence-electron chi connectivity index (χ0n) is 18.4. The summed E-state index contributed by atoms with van der Waals surface area (Å²) in [5.41, 5.74) is 5.06. The van der Waals surface area contributed by atoms with E-state index in [1.165, 1.54) is 10.8 Å². The van der Waals surface area contributed by atoms with Crippen LogP contribution < -0.4 is 14.8 Å². The van der Waals surface area contributed by atoms with Crippen molar-refractivity contribution in [2.24, 2.45) is 5.41 Å². The zero-order chi connectivity index (χ0) is 21.8. The number of Topliss-reactive ketones (excluding diaryl/α,β-unsaturated/α-hetero) is 1. The third-order valence-corrected chi connectivity index (χ3v) is 6.48. The molecule has 3 aromatic rings. The Morgan fingerprint density at radius 3 is 2.52 bits per heavy atom. The van der Waals surface area contributed by atoms with Gasteiger partial charge in [0.2, 0.25) is 0 Å². The summed E-state index contributed by atoms with van der Waals surface area (Å²) in [6, 6.07) is 18.2. The summed E-state index contributed by atoms with van der Waals surface area (Å²) in [6.45, 7) is 4.37. The molecule has 3 aromatic carbocycles. The Hall–Kier alpha value is -3.27. The van der Waals surface area contributed by atoms with E-state index in [1.807, 2.05) is 18.2 Å². The molecule has 0 saturated heterocycles. The van der Waals surface area contributed by atoms with Crippen molar-refractivity contribution in [3.8, 4) is 11.5 Å². The van der Waals surface area contributed by atoms with Gasteiger partial charge in [0.15, 0.2) is 17.3 Å². The average Bonchev–Trinajstić information content (AvgIpc) is 2.76. The van der Waals surface area contributed by atoms with E-state index >= 15 is 0 Å². The predicted molar refractivity (Wildman–Crippen MR) is 125 cm³/mol. The number of anilines is 1. The van der Waals surface area contributed by atoms with Crippen molar-refractivity contribution in [3.63, 3.8) is 0 Å². The monoisotopic (exact) mass is 413 g/mol. The molecule has 4 nitrogen and oxygen atoms in total. The van der Waals surface area contributed by atoms with Gasteiger partial charge >= 0.3 is 0 Å². The van der Waals surface area contributed by atoms with Crippen LogP contribution in [-0.4, -0.2) is 20.0 Å². The first kappa shape index (κ1) is 19.7. The number of allylic oxidation sites excluding steroid dienone is 1. The highest BCUT2D eigenvalue weighted by Crippen LogP contribution is 2.53. The average molecular weight is 414 g/mol. The third kappa shape index (κ3) is 3.09. The Labute approximate surface area is 182 Å². The van der Waals surface area contributed by atoms with Gasteiger partial charge in [-0.3, -0.25) is 4.79 Å². The summed E-state index contributed by atoms with van der Waals surface area (Å²) in [6.07, 6.45) is 1.40. The van der Waals surface area contributed by atoms with Gasteiger partial charge in [-0.25, -0.2) is 0 Å². The van der Waals surface area contributed by atoms with E-state index in [9.17, 15) is 4.79 Å². The lowest BCUT2D eigenvalue weighted by Crippen LogP contribution is -2.33. The molecule has 2 aliphatic rings. The first-order chi connectivity index (χ1) is 14.9. The topological polar surface area (TPSA) is 47.6 Å². The van der Waals surface area contributed by atoms with Gasteiger partial charge in [0.25, 0.3) is 0 Å². The molecule has 0 saturated carbocycles. The van der Waals surface area contributed by atoms with Crippen molar-refractivity contribution in [3.05, 3.63) is 71.3 Å². The molecule has 0 aromatic heterocycles. The molecule has 0 radical (unpaired) electrons. The normalized spacial score (nSPS) is 19.5. The highest BCUT2D eigenvalue weighted by Gasteiger charge is 2.41. The Kier molecular flexibility index (Phi) is 4.54. The Morgan fingerprint density at radius 1 is 0.935 bits per heavy atom. The molecule has 1 N–H and O–H groups in total. The van der Waals surface area contributed by atoms with Crippen molar-refractivity contribution >= 4 is 27.8 Å². The lowest BCUT2D eigenvalue weighted by Gasteiger charge is -2.40. The first-order valence-electron chi connectivity index (χ1n) is 10.7. The minimum atomic E-state index is -0.280. The molecule has 1 aliphatic heterocycles. The number of para-hydroxylation sites is 1. The van der Waals surface area contributed by atoms with Crippen molar-refractivity contribution < 1.29 is 14.3 Å². The first-order valence-corrected chi connectivity index (χ1v) is 10.7. The second-order valence-electron chi connectivity index (χ2n) is 9.20. The fourth-order valence-corrected chi connectivity index (χ4v) is 5.21. The number of hydrogen-bond acceptors (Lipinski definition) is 4. The van der Waals surface area contributed by atoms with Gasteiger partial charge in [-0.1, -0.05) is 56.3 Å². The lowest BCUT2D eigenvalue weighted by atomic mass is 9.67. The van der Waals surface area contributed by atoms with E-state index in [0.717, 1.165) is 34.4 Å². The van der Waals surface area contributed by atoms with Crippen molar-refractivity contribution in [2.45, 2.75) is 32.7 Å². The van der Waals surface area contributed by atoms with E-state index in [2.05, 4.69) is 55.6 Å². The molecule has 0 bridgehead atoms. The number of benzene rings is 3. The predicted octanol–water partition coefficient (Wildman–Crippen LogP) is 6.17. The second-order valence-corrected chi connectivity index (χ2v) is 9.20. The maximum atomic E-state index is 13.6. The number of ketones is 1. The number of hydrogen-bond donors (Lipinski definition) is 1. The molecule has 0 unspecified atom stereocenters. The quantitative estimate of drug-likeness (QED) is 0.558. The van der Waals surface area contributed by atoms with Crippen LogP contribution in [0.4, 0.5) is 5.69 Å². The fourth-order valence-electron chi connectivity index (χ4n) is 5.21. The number of methoxy groups -OCH3 is 2. The van der Waals surface area contributed by atoms with Gasteiger partial charge in [0.05, 0.1) is 20.3 Å². The number of carbonyl (C=O) groups is 1. The minimum absolute atomic E-state index is 0.0789. The van der Waals surface area contributed by atoms with Gasteiger partial charge in [-0.15, -0.1) is 0 Å². The van der Waals surface area contributed by atoms with Crippen LogP contribution in [0.5, 0.6) is 11.5 Å². The molecule has 31 heavy (non-hydrogen) atoms. The SMILES string of the molecule is COc1cccc([C@@H]2Nc3ccc4ccccc4c3C3=C2C(=O)CC(C)(C)C3)c1OC. The van der Waals surface area contributed by atoms with Crippen molar-refractivity contribution in [1.82, 2.24) is 0 Å². The molecule has 1 aliphatic carbocycles. The molecule has 4 heteroatoms. The number of fused-ring (bicyclic) bond motifs is 4. The molecule has 0 spiro atoms. The largest absolute Gasteiger partial charge is 0.493 e. The van der Waals surface area contributed by atoms with Crippen LogP contribution in [0.1, 0.15) is 43.9 Å². The molecular weight excluding hydrogens is 386 g/mol. The number of rotatable bonds is 3. The summed E-state index contributed by atoms with van der Waals surface area (Å²) in [4.78, 5) is 13.6. The summed E-state index contributed by atoms with van der Waals surface area (Å²) < 4.78 is 11.3. The summed E-state index contributed by atoms with van der Waals surface area (Å²) in [5.74, 6) is 1.53. The van der Waals surface area contributed by atoms with Crippen LogP contribution in [0.3, 0.4) is 0 Å². The highest BCUT2D eigenvalue weighted by molar-refractivity contribution is 6.13. The molecular formula is C27H27NO3. The molecule has 1 atom stereocenters. The number of nitrogens with one attached hydrogen (secondary N) is 1. The van der Waals surface area contributed by atoms with E-state index in [0.29, 0.717) is 17.9 Å². The Balaban J connectivity index is 1.81. The van der Waals surface area contributed by atoms with Crippen LogP contribution in [0.2, 0.25) is 0 Å². The summed E-state index contributed by atoms with van der Waals surface area (Å²) >= 11 is 0. The fraction of sp³-hybridized carbons (Fsp3) is 0.296. The second kappa shape index (κ2) is 7.16. The summed E-state index contributed by atoms with van der Waals surface area (Å²) in [7, 11) is 3.28. The van der Waals surface area contributed by atoms with E-state index in [-0.39, 0.29) is 17.2 Å². The maximum absolute atomic E-state index is 13.6. The maximum Gasteiger partial charge on any atom is 0.166 e. The molecule has 5 rings (SSSR count). The van der Waals surface area contributed by atoms with Crippen LogP contribution in [0.15, 0.2) is 60.2 Å². The van der Waals surface area contributed by atoms with Gasteiger partial charge in [-0.2, -0.15) is 0 Å². The van der Waals surface area contributed by atoms with Gasteiger partial charge < -0.3 is 14.8 Å². The van der Waals surface area contributed by atoms with Gasteiger partial charge in [0.1, 0.15) is 0 Å². The summed E-state index contributed by atoms with van der Waals surface area (Å²) in [5, 5.41) is 6.04. The van der Waals surface area contributed by atoms with Gasteiger partial charge in [0, 0.05) is 28.8 Å². The molecule has 0 amide bonds. The van der Waals surface area contributed by atoms with Crippen LogP contribution >= 0.6 is 0 Å². The smallest absolute Gasteiger partial charge is 0.166 e. The molecule has 1 heterocycles. The zero-order valence-corrected chi connectivity index (χ0v) is 18.4. The van der Waals surface area contributed by atoms with Gasteiger partial charge in [-0.05, 0) is 40.3 Å². The molecule has 158 valence electrons. The van der Waals surface area contributed by atoms with Crippen molar-refractivity contribution in [2.75, 3.05) is 19.5 Å². The van der Waals surface area contributed by atoms with Crippen molar-refractivity contribution in [1.29, 1.82) is 0 Å². The number of carbonyl (C=O) groups excluding carboxylic acids is 1. The van der Waals surface area contributed by atoms with E-state index < -0.39 is 0 Å². The lowest BCUT2D eigenvalue weighted by molar-refractivity contribution is -0.118. The highest BCUT2D eigenvalue weighted by atomic mass is 16.5. The standard InChI is InChI=1S/C27H27NO3/c1-27(2)14-19-23-17-9-6-5-8-16(17)12-13-20(23)28-25(24(19)21(29)15-27)18-10-7-11-22(30-3)26(18)31-4/h5-13,25,28H,14-15H2,1-4H3/t25-/m0/s1. The van der Waals surface area contributed by atoms with E-state index in [4.69, 9.17) is 9.47 Å². The Morgan fingerprint density at radius 2 is 1.74 bits per heavy atom. The minimum Gasteiger partial charge on any atom is -0.493 e. The van der Waals surface area contributed by atoms with Crippen LogP contribution in [0.25, 0.3) is 16.3 Å². The number of ether oxygens (including phenoxy) is 2. The third-order valence-electron chi connectivity index (χ3n) is 6.48. The van der Waals surface area contributed by atoms with E-state index in [1.54, 1.807) is 14.2 Å².